The van der Waals surface area contributed by atoms with Crippen molar-refractivity contribution in [2.75, 3.05) is 5.32 Å². The van der Waals surface area contributed by atoms with Crippen LogP contribution < -0.4 is 5.32 Å². The van der Waals surface area contributed by atoms with Gasteiger partial charge in [0, 0.05) is 18.2 Å². The van der Waals surface area contributed by atoms with E-state index in [0.717, 1.165) is 5.69 Å². The molecule has 1 aromatic rings. The first-order valence-electron chi connectivity index (χ1n) is 5.49. The molecule has 0 aliphatic rings. The zero-order valence-electron chi connectivity index (χ0n) is 9.59. The van der Waals surface area contributed by atoms with Gasteiger partial charge in [-0.05, 0) is 44.0 Å². The second kappa shape index (κ2) is 5.80. The van der Waals surface area contributed by atoms with Crippen molar-refractivity contribution in [2.24, 2.45) is 0 Å². The van der Waals surface area contributed by atoms with Gasteiger partial charge in [0.05, 0.1) is 0 Å². The molecule has 0 saturated carbocycles. The van der Waals surface area contributed by atoms with E-state index in [2.05, 4.69) is 5.32 Å². The Labute approximate surface area is 98.5 Å². The number of aromatic hydroxyl groups is 1. The maximum atomic E-state index is 11.9. The summed E-state index contributed by atoms with van der Waals surface area (Å²) in [5.74, 6) is 0.167. The van der Waals surface area contributed by atoms with E-state index in [0.29, 0.717) is 6.42 Å². The summed E-state index contributed by atoms with van der Waals surface area (Å²) < 4.78 is 35.8. The minimum Gasteiger partial charge on any atom is -0.508 e. The number of benzene rings is 1. The molecule has 0 spiro atoms. The number of phenolic OH excluding ortho intramolecular Hbond substituents is 1. The fraction of sp³-hybridized carbons (Fsp3) is 0.500. The number of anilines is 1. The molecule has 1 unspecified atom stereocenters. The normalized spacial score (nSPS) is 13.4. The van der Waals surface area contributed by atoms with Crippen LogP contribution in [0.1, 0.15) is 26.2 Å². The summed E-state index contributed by atoms with van der Waals surface area (Å²) >= 11 is 0. The summed E-state index contributed by atoms with van der Waals surface area (Å²) in [6.07, 6.45) is -4.23. The fourth-order valence-electron chi connectivity index (χ4n) is 1.52. The van der Waals surface area contributed by atoms with Crippen LogP contribution in [0.25, 0.3) is 0 Å². The Morgan fingerprint density at radius 2 is 1.82 bits per heavy atom. The first kappa shape index (κ1) is 13.7. The lowest BCUT2D eigenvalue weighted by molar-refractivity contribution is -0.135. The molecule has 0 aliphatic carbocycles. The number of phenols is 1. The topological polar surface area (TPSA) is 32.3 Å². The molecule has 0 aromatic heterocycles. The quantitative estimate of drug-likeness (QED) is 0.773. The third kappa shape index (κ3) is 6.04. The molecule has 5 heteroatoms. The summed E-state index contributed by atoms with van der Waals surface area (Å²) in [5.41, 5.74) is 0.794. The molecule has 0 bridgehead atoms. The van der Waals surface area contributed by atoms with Crippen LogP contribution in [0.4, 0.5) is 18.9 Å². The van der Waals surface area contributed by atoms with E-state index in [1.165, 1.54) is 12.1 Å². The van der Waals surface area contributed by atoms with Crippen molar-refractivity contribution < 1.29 is 18.3 Å². The smallest absolute Gasteiger partial charge is 0.389 e. The summed E-state index contributed by atoms with van der Waals surface area (Å²) in [7, 11) is 0. The van der Waals surface area contributed by atoms with Crippen LogP contribution in [0, 0.1) is 0 Å². The lowest BCUT2D eigenvalue weighted by Gasteiger charge is -2.15. The highest BCUT2D eigenvalue weighted by atomic mass is 19.4. The minimum absolute atomic E-state index is 0.0260. The summed E-state index contributed by atoms with van der Waals surface area (Å²) in [5, 5.41) is 12.1. The Morgan fingerprint density at radius 3 is 2.35 bits per heavy atom. The van der Waals surface area contributed by atoms with Gasteiger partial charge in [-0.2, -0.15) is 13.2 Å². The zero-order valence-corrected chi connectivity index (χ0v) is 9.59. The maximum absolute atomic E-state index is 11.9. The molecule has 0 aliphatic heterocycles. The Kier molecular flexibility index (Phi) is 4.66. The highest BCUT2D eigenvalue weighted by Gasteiger charge is 2.26. The van der Waals surface area contributed by atoms with E-state index in [1.54, 1.807) is 12.1 Å². The van der Waals surface area contributed by atoms with Gasteiger partial charge in [-0.15, -0.1) is 0 Å². The van der Waals surface area contributed by atoms with Crippen LogP contribution in [-0.2, 0) is 0 Å². The highest BCUT2D eigenvalue weighted by Crippen LogP contribution is 2.23. The van der Waals surface area contributed by atoms with Crippen molar-refractivity contribution in [3.05, 3.63) is 24.3 Å². The van der Waals surface area contributed by atoms with Gasteiger partial charge in [-0.1, -0.05) is 0 Å². The highest BCUT2D eigenvalue weighted by molar-refractivity contribution is 5.46. The van der Waals surface area contributed by atoms with Gasteiger partial charge in [0.1, 0.15) is 5.75 Å². The third-order valence-electron chi connectivity index (χ3n) is 2.38. The molecule has 0 saturated heterocycles. The zero-order chi connectivity index (χ0) is 12.9. The van der Waals surface area contributed by atoms with Crippen LogP contribution in [0.5, 0.6) is 5.75 Å². The van der Waals surface area contributed by atoms with Gasteiger partial charge >= 0.3 is 6.18 Å². The SMILES string of the molecule is CC(CCCC(F)(F)F)Nc1ccc(O)cc1. The standard InChI is InChI=1S/C12H16F3NO/c1-9(3-2-8-12(13,14)15)16-10-4-6-11(17)7-5-10/h4-7,9,16-17H,2-3,8H2,1H3. The van der Waals surface area contributed by atoms with Crippen molar-refractivity contribution >= 4 is 5.69 Å². The predicted octanol–water partition coefficient (Wildman–Crippen LogP) is 3.93. The summed E-state index contributed by atoms with van der Waals surface area (Å²) in [4.78, 5) is 0. The molecule has 2 N–H and O–H groups in total. The number of alkyl halides is 3. The molecule has 1 atom stereocenters. The van der Waals surface area contributed by atoms with Crippen molar-refractivity contribution in [3.8, 4) is 5.75 Å². The van der Waals surface area contributed by atoms with Crippen LogP contribution in [0.3, 0.4) is 0 Å². The van der Waals surface area contributed by atoms with Crippen LogP contribution in [-0.4, -0.2) is 17.3 Å². The molecule has 1 aromatic carbocycles. The summed E-state index contributed by atoms with van der Waals surface area (Å²) in [6.45, 7) is 1.84. The van der Waals surface area contributed by atoms with E-state index in [9.17, 15) is 13.2 Å². The van der Waals surface area contributed by atoms with Crippen LogP contribution in [0.2, 0.25) is 0 Å². The van der Waals surface area contributed by atoms with Crippen LogP contribution in [0.15, 0.2) is 24.3 Å². The lowest BCUT2D eigenvalue weighted by atomic mass is 10.1. The van der Waals surface area contributed by atoms with Gasteiger partial charge < -0.3 is 10.4 Å². The summed E-state index contributed by atoms with van der Waals surface area (Å²) in [6, 6.07) is 6.42. The minimum atomic E-state index is -4.07. The number of hydrogen-bond donors (Lipinski definition) is 2. The molecule has 96 valence electrons. The Hall–Kier alpha value is -1.39. The van der Waals surface area contributed by atoms with Crippen LogP contribution >= 0.6 is 0 Å². The molecule has 2 nitrogen and oxygen atoms in total. The molecule has 17 heavy (non-hydrogen) atoms. The first-order chi connectivity index (χ1) is 7.87. The Bertz CT molecular complexity index is 335. The molecule has 0 amide bonds. The van der Waals surface area contributed by atoms with Gasteiger partial charge in [-0.25, -0.2) is 0 Å². The number of halogens is 3. The van der Waals surface area contributed by atoms with E-state index >= 15 is 0 Å². The fourth-order valence-corrected chi connectivity index (χ4v) is 1.52. The average Bonchev–Trinajstić information content (AvgIpc) is 2.19. The predicted molar refractivity (Wildman–Crippen MR) is 61.1 cm³/mol. The van der Waals surface area contributed by atoms with Gasteiger partial charge in [0.15, 0.2) is 0 Å². The third-order valence-corrected chi connectivity index (χ3v) is 2.38. The maximum Gasteiger partial charge on any atom is 0.389 e. The molecule has 1 rings (SSSR count). The van der Waals surface area contributed by atoms with Crippen molar-refractivity contribution in [3.63, 3.8) is 0 Å². The van der Waals surface area contributed by atoms with Crippen molar-refractivity contribution in [1.29, 1.82) is 0 Å². The molecule has 0 heterocycles. The van der Waals surface area contributed by atoms with Crippen molar-refractivity contribution in [1.82, 2.24) is 0 Å². The molecule has 0 fully saturated rings. The lowest BCUT2D eigenvalue weighted by Crippen LogP contribution is -2.16. The Morgan fingerprint density at radius 1 is 1.24 bits per heavy atom. The monoisotopic (exact) mass is 247 g/mol. The van der Waals surface area contributed by atoms with Crippen molar-refractivity contribution in [2.45, 2.75) is 38.4 Å². The van der Waals surface area contributed by atoms with E-state index < -0.39 is 12.6 Å². The Balaban J connectivity index is 2.30. The number of nitrogens with one attached hydrogen (secondary N) is 1. The second-order valence-corrected chi connectivity index (χ2v) is 4.10. The van der Waals surface area contributed by atoms with E-state index in [4.69, 9.17) is 5.11 Å². The average molecular weight is 247 g/mol. The molecule has 0 radical (unpaired) electrons. The number of hydrogen-bond acceptors (Lipinski definition) is 2. The largest absolute Gasteiger partial charge is 0.508 e. The van der Waals surface area contributed by atoms with E-state index in [-0.39, 0.29) is 18.2 Å². The van der Waals surface area contributed by atoms with E-state index in [1.807, 2.05) is 6.92 Å². The second-order valence-electron chi connectivity index (χ2n) is 4.10. The molecular weight excluding hydrogens is 231 g/mol. The molecular formula is C12H16F3NO. The first-order valence-corrected chi connectivity index (χ1v) is 5.49. The van der Waals surface area contributed by atoms with Gasteiger partial charge in [-0.3, -0.25) is 0 Å². The van der Waals surface area contributed by atoms with Gasteiger partial charge in [0.2, 0.25) is 0 Å². The van der Waals surface area contributed by atoms with Gasteiger partial charge in [0.25, 0.3) is 0 Å². The number of rotatable bonds is 5.